The van der Waals surface area contributed by atoms with Crippen molar-refractivity contribution in [3.8, 4) is 11.5 Å². The van der Waals surface area contributed by atoms with Crippen molar-refractivity contribution >= 4 is 44.8 Å². The highest BCUT2D eigenvalue weighted by molar-refractivity contribution is 9.10. The van der Waals surface area contributed by atoms with Crippen LogP contribution in [0.4, 0.5) is 0 Å². The summed E-state index contributed by atoms with van der Waals surface area (Å²) < 4.78 is 12.6. The second-order valence-electron chi connectivity index (χ2n) is 5.86. The minimum absolute atomic E-state index is 0.188. The summed E-state index contributed by atoms with van der Waals surface area (Å²) in [6.07, 6.45) is 2.34. The van der Waals surface area contributed by atoms with Crippen LogP contribution < -0.4 is 9.47 Å². The molecule has 0 amide bonds. The first-order chi connectivity index (χ1) is 11.8. The third-order valence-corrected chi connectivity index (χ3v) is 3.93. The molecule has 1 aromatic rings. The topological polar surface area (TPSA) is 40.0 Å². The van der Waals surface area contributed by atoms with E-state index in [4.69, 9.17) is 37.5 Å². The van der Waals surface area contributed by atoms with Crippen LogP contribution in [-0.4, -0.2) is 25.5 Å². The molecule has 140 valence electrons. The van der Waals surface area contributed by atoms with Gasteiger partial charge in [0.05, 0.1) is 16.8 Å². The predicted molar refractivity (Wildman–Crippen MR) is 108 cm³/mol. The Labute approximate surface area is 168 Å². The number of hydrogen-bond acceptors (Lipinski definition) is 4. The van der Waals surface area contributed by atoms with Crippen molar-refractivity contribution in [2.75, 3.05) is 19.8 Å². The van der Waals surface area contributed by atoms with Crippen molar-refractivity contribution in [3.05, 3.63) is 32.7 Å². The molecule has 0 atom stereocenters. The molecule has 0 spiro atoms. The van der Waals surface area contributed by atoms with Gasteiger partial charge in [-0.1, -0.05) is 42.2 Å². The summed E-state index contributed by atoms with van der Waals surface area (Å²) in [4.78, 5) is 5.17. The van der Waals surface area contributed by atoms with E-state index in [0.29, 0.717) is 19.8 Å². The van der Waals surface area contributed by atoms with E-state index in [1.54, 1.807) is 6.08 Å². The number of halogens is 3. The van der Waals surface area contributed by atoms with Crippen LogP contribution >= 0.6 is 39.1 Å². The highest BCUT2D eigenvalue weighted by Crippen LogP contribution is 2.38. The molecule has 0 aliphatic rings. The quantitative estimate of drug-likeness (QED) is 0.232. The third-order valence-electron chi connectivity index (χ3n) is 3.03. The van der Waals surface area contributed by atoms with Gasteiger partial charge in [0.15, 0.2) is 0 Å². The Morgan fingerprint density at radius 2 is 1.92 bits per heavy atom. The van der Waals surface area contributed by atoms with Crippen LogP contribution in [0.3, 0.4) is 0 Å². The van der Waals surface area contributed by atoms with E-state index in [0.717, 1.165) is 33.7 Å². The van der Waals surface area contributed by atoms with Crippen LogP contribution in [0.25, 0.3) is 0 Å². The van der Waals surface area contributed by atoms with Crippen LogP contribution in [0.2, 0.25) is 0 Å². The van der Waals surface area contributed by atoms with Gasteiger partial charge in [0.2, 0.25) is 0 Å². The first kappa shape index (κ1) is 22.1. The van der Waals surface area contributed by atoms with Gasteiger partial charge in [0.1, 0.15) is 29.2 Å². The molecule has 0 fully saturated rings. The fourth-order valence-corrected chi connectivity index (χ4v) is 2.62. The molecular weight excluding hydrogens is 429 g/mol. The normalized spacial score (nSPS) is 10.4. The minimum Gasteiger partial charge on any atom is -0.492 e. The summed E-state index contributed by atoms with van der Waals surface area (Å²) in [6, 6.07) is 3.85. The van der Waals surface area contributed by atoms with E-state index in [9.17, 15) is 0 Å². The van der Waals surface area contributed by atoms with E-state index in [1.807, 2.05) is 26.0 Å². The second-order valence-corrected chi connectivity index (χ2v) is 7.72. The lowest BCUT2D eigenvalue weighted by Gasteiger charge is -2.17. The van der Waals surface area contributed by atoms with Gasteiger partial charge >= 0.3 is 0 Å². The molecule has 1 aromatic carbocycles. The SMILES string of the molecule is CC(C)=NOCCCOc1c(Br)cc(OCC=C(Cl)Cl)cc1C(C)C. The molecule has 0 heterocycles. The lowest BCUT2D eigenvalue weighted by molar-refractivity contribution is 0.127. The van der Waals surface area contributed by atoms with Crippen molar-refractivity contribution in [2.24, 2.45) is 5.16 Å². The first-order valence-corrected chi connectivity index (χ1v) is 9.59. The van der Waals surface area contributed by atoms with Gasteiger partial charge in [-0.3, -0.25) is 0 Å². The van der Waals surface area contributed by atoms with Crippen LogP contribution in [0.15, 0.2) is 32.3 Å². The summed E-state index contributed by atoms with van der Waals surface area (Å²) >= 11 is 14.7. The van der Waals surface area contributed by atoms with Crippen molar-refractivity contribution in [1.29, 1.82) is 0 Å². The molecule has 0 aliphatic heterocycles. The molecule has 0 unspecified atom stereocenters. The minimum atomic E-state index is 0.188. The molecule has 4 nitrogen and oxygen atoms in total. The van der Waals surface area contributed by atoms with Crippen LogP contribution in [-0.2, 0) is 4.84 Å². The average Bonchev–Trinajstić information content (AvgIpc) is 2.51. The third kappa shape index (κ3) is 8.84. The first-order valence-electron chi connectivity index (χ1n) is 8.04. The van der Waals surface area contributed by atoms with Crippen molar-refractivity contribution in [1.82, 2.24) is 0 Å². The van der Waals surface area contributed by atoms with Crippen LogP contribution in [0.5, 0.6) is 11.5 Å². The Kier molecular flexibility index (Phi) is 10.3. The Balaban J connectivity index is 2.71. The maximum absolute atomic E-state index is 5.95. The van der Waals surface area contributed by atoms with Gasteiger partial charge in [-0.05, 0) is 53.9 Å². The predicted octanol–water partition coefficient (Wildman–Crippen LogP) is 6.45. The van der Waals surface area contributed by atoms with Gasteiger partial charge in [0.25, 0.3) is 0 Å². The molecule has 0 bridgehead atoms. The number of rotatable bonds is 10. The molecule has 0 N–H and O–H groups in total. The highest BCUT2D eigenvalue weighted by Gasteiger charge is 2.14. The molecule has 0 aromatic heterocycles. The molecule has 0 aliphatic carbocycles. The highest BCUT2D eigenvalue weighted by atomic mass is 79.9. The van der Waals surface area contributed by atoms with Crippen molar-refractivity contribution in [2.45, 2.75) is 40.0 Å². The molecule has 0 saturated heterocycles. The Morgan fingerprint density at radius 1 is 1.20 bits per heavy atom. The maximum Gasteiger partial charge on any atom is 0.137 e. The number of ether oxygens (including phenoxy) is 2. The Hall–Kier alpha value is -0.910. The molecule has 25 heavy (non-hydrogen) atoms. The molecule has 1 rings (SSSR count). The molecule has 0 saturated carbocycles. The van der Waals surface area contributed by atoms with Gasteiger partial charge in [-0.25, -0.2) is 0 Å². The summed E-state index contributed by atoms with van der Waals surface area (Å²) in [7, 11) is 0. The van der Waals surface area contributed by atoms with Crippen molar-refractivity contribution < 1.29 is 14.3 Å². The smallest absolute Gasteiger partial charge is 0.137 e. The van der Waals surface area contributed by atoms with Gasteiger partial charge in [-0.2, -0.15) is 0 Å². The Bertz CT molecular complexity index is 611. The van der Waals surface area contributed by atoms with Crippen molar-refractivity contribution in [3.63, 3.8) is 0 Å². The Morgan fingerprint density at radius 3 is 2.52 bits per heavy atom. The lowest BCUT2D eigenvalue weighted by Crippen LogP contribution is -2.06. The zero-order chi connectivity index (χ0) is 18.8. The van der Waals surface area contributed by atoms with Gasteiger partial charge < -0.3 is 14.3 Å². The zero-order valence-corrected chi connectivity index (χ0v) is 18.0. The number of benzene rings is 1. The fourth-order valence-electron chi connectivity index (χ4n) is 1.93. The van der Waals surface area contributed by atoms with E-state index < -0.39 is 0 Å². The summed E-state index contributed by atoms with van der Waals surface area (Å²) in [6.45, 7) is 9.37. The summed E-state index contributed by atoms with van der Waals surface area (Å²) in [5.74, 6) is 1.83. The van der Waals surface area contributed by atoms with E-state index in [-0.39, 0.29) is 10.4 Å². The monoisotopic (exact) mass is 451 g/mol. The standard InChI is InChI=1S/C18H24BrCl2NO3/c1-12(2)15-10-14(23-9-6-17(20)21)11-16(19)18(15)24-7-5-8-25-22-13(3)4/h6,10-12H,5,7-9H2,1-4H3. The second kappa shape index (κ2) is 11.7. The van der Waals surface area contributed by atoms with E-state index >= 15 is 0 Å². The summed E-state index contributed by atoms with van der Waals surface area (Å²) in [5.41, 5.74) is 1.96. The fraction of sp³-hybridized carbons (Fsp3) is 0.500. The van der Waals surface area contributed by atoms with E-state index in [1.165, 1.54) is 0 Å². The van der Waals surface area contributed by atoms with Gasteiger partial charge in [0, 0.05) is 12.0 Å². The van der Waals surface area contributed by atoms with E-state index in [2.05, 4.69) is 34.9 Å². The average molecular weight is 453 g/mol. The lowest BCUT2D eigenvalue weighted by atomic mass is 10.0. The number of oxime groups is 1. The number of nitrogens with zero attached hydrogens (tertiary/aromatic N) is 1. The zero-order valence-electron chi connectivity index (χ0n) is 14.9. The molecular formula is C18H24BrCl2NO3. The summed E-state index contributed by atoms with van der Waals surface area (Å²) in [5, 5.41) is 3.90. The molecule has 7 heteroatoms. The van der Waals surface area contributed by atoms with Crippen LogP contribution in [0.1, 0.15) is 45.6 Å². The van der Waals surface area contributed by atoms with Crippen LogP contribution in [0, 0.1) is 0 Å². The largest absolute Gasteiger partial charge is 0.492 e. The number of hydrogen-bond donors (Lipinski definition) is 0. The maximum atomic E-state index is 5.95. The molecule has 0 radical (unpaired) electrons. The van der Waals surface area contributed by atoms with Gasteiger partial charge in [-0.15, -0.1) is 0 Å².